The molecule has 57 heavy (non-hydrogen) atoms. The first-order valence-corrected chi connectivity index (χ1v) is 17.4. The van der Waals surface area contributed by atoms with Gasteiger partial charge < -0.3 is 58.3 Å². The van der Waals surface area contributed by atoms with Crippen molar-refractivity contribution >= 4 is 23.9 Å². The molecule has 0 saturated carbocycles. The second-order valence-corrected chi connectivity index (χ2v) is 12.4. The van der Waals surface area contributed by atoms with Crippen molar-refractivity contribution in [2.75, 3.05) is 54.9 Å². The second kappa shape index (κ2) is 20.2. The summed E-state index contributed by atoms with van der Waals surface area (Å²) in [6, 6.07) is 14.7. The molecule has 0 bridgehead atoms. The van der Waals surface area contributed by atoms with Crippen LogP contribution in [0, 0.1) is 0 Å². The van der Waals surface area contributed by atoms with Gasteiger partial charge in [0, 0.05) is 52.6 Å². The minimum Gasteiger partial charge on any atom is -0.496 e. The molecule has 0 atom stereocenters. The molecule has 16 heteroatoms. The van der Waals surface area contributed by atoms with Crippen LogP contribution in [-0.2, 0) is 44.9 Å². The first-order chi connectivity index (χ1) is 27.3. The van der Waals surface area contributed by atoms with Gasteiger partial charge >= 0.3 is 23.9 Å². The lowest BCUT2D eigenvalue weighted by molar-refractivity contribution is -0.140. The first kappa shape index (κ1) is 42.9. The van der Waals surface area contributed by atoms with Gasteiger partial charge in [-0.1, -0.05) is 6.92 Å². The van der Waals surface area contributed by atoms with E-state index >= 15 is 0 Å². The van der Waals surface area contributed by atoms with Gasteiger partial charge in [0.2, 0.25) is 0 Å². The summed E-state index contributed by atoms with van der Waals surface area (Å²) in [5, 5.41) is 37.2. The van der Waals surface area contributed by atoms with E-state index in [4.69, 9.17) is 43.0 Å². The van der Waals surface area contributed by atoms with Crippen LogP contribution in [0.5, 0.6) is 46.0 Å². The number of hydrogen-bond donors (Lipinski definition) is 4. The first-order valence-electron chi connectivity index (χ1n) is 17.4. The Morgan fingerprint density at radius 1 is 0.421 bits per heavy atom. The highest BCUT2D eigenvalue weighted by atomic mass is 16.5. The summed E-state index contributed by atoms with van der Waals surface area (Å²) in [6.07, 6.45) is 0.931. The van der Waals surface area contributed by atoms with Crippen LogP contribution < -0.4 is 37.9 Å². The summed E-state index contributed by atoms with van der Waals surface area (Å²) in [7, 11) is 5.94. The van der Waals surface area contributed by atoms with E-state index in [-0.39, 0.29) is 36.5 Å². The zero-order valence-corrected chi connectivity index (χ0v) is 32.0. The predicted molar refractivity (Wildman–Crippen MR) is 202 cm³/mol. The van der Waals surface area contributed by atoms with Crippen molar-refractivity contribution in [3.05, 3.63) is 93.5 Å². The van der Waals surface area contributed by atoms with Gasteiger partial charge in [0.05, 0.1) is 28.4 Å². The predicted octanol–water partition coefficient (Wildman–Crippen LogP) is 4.91. The van der Waals surface area contributed by atoms with Gasteiger partial charge in [-0.3, -0.25) is 0 Å². The maximum Gasteiger partial charge on any atom is 0.341 e. The molecule has 0 spiro atoms. The molecule has 0 heterocycles. The topological polar surface area (TPSA) is 223 Å². The normalized spacial score (nSPS) is 10.6. The van der Waals surface area contributed by atoms with Crippen LogP contribution in [0.2, 0.25) is 0 Å². The smallest absolute Gasteiger partial charge is 0.341 e. The van der Waals surface area contributed by atoms with E-state index in [1.807, 2.05) is 6.92 Å². The molecule has 16 nitrogen and oxygen atoms in total. The highest BCUT2D eigenvalue weighted by Gasteiger charge is 2.22. The summed E-state index contributed by atoms with van der Waals surface area (Å²) >= 11 is 0. The molecule has 0 aliphatic rings. The minimum absolute atomic E-state index is 0.0822. The highest BCUT2D eigenvalue weighted by molar-refractivity contribution is 5.70. The number of aryl methyl sites for hydroxylation is 1. The number of carboxylic acids is 4. The van der Waals surface area contributed by atoms with E-state index in [2.05, 4.69) is 0 Å². The van der Waals surface area contributed by atoms with Gasteiger partial charge in [0.25, 0.3) is 0 Å². The highest BCUT2D eigenvalue weighted by Crippen LogP contribution is 2.40. The Morgan fingerprint density at radius 3 is 1.04 bits per heavy atom. The Hall–Kier alpha value is -6.84. The van der Waals surface area contributed by atoms with Crippen LogP contribution >= 0.6 is 0 Å². The SMILES string of the molecule is CCc1cc(OCC(=O)O)cc(Cc2cc(OCC(=O)O)cc(Cc3cc(OCC(=O)O)cc(Cc4cc(OCC(=O)O)ccc4OC)c3OC)c2OC)c1OC. The lowest BCUT2D eigenvalue weighted by atomic mass is 9.93. The third-order valence-electron chi connectivity index (χ3n) is 8.49. The van der Waals surface area contributed by atoms with Crippen molar-refractivity contribution in [3.63, 3.8) is 0 Å². The molecular weight excluding hydrogens is 748 g/mol. The Morgan fingerprint density at radius 2 is 0.719 bits per heavy atom. The third kappa shape index (κ3) is 11.8. The van der Waals surface area contributed by atoms with E-state index in [1.54, 1.807) is 54.6 Å². The zero-order chi connectivity index (χ0) is 41.6. The fraction of sp³-hybridized carbons (Fsp3) is 0.317. The van der Waals surface area contributed by atoms with E-state index in [9.17, 15) is 34.5 Å². The number of hydrogen-bond acceptors (Lipinski definition) is 12. The Kier molecular flexibility index (Phi) is 15.2. The number of methoxy groups -OCH3 is 4. The fourth-order valence-electron chi connectivity index (χ4n) is 6.30. The van der Waals surface area contributed by atoms with Crippen molar-refractivity contribution in [1.29, 1.82) is 0 Å². The van der Waals surface area contributed by atoms with Crippen LogP contribution in [0.3, 0.4) is 0 Å². The second-order valence-electron chi connectivity index (χ2n) is 12.4. The fourth-order valence-corrected chi connectivity index (χ4v) is 6.30. The van der Waals surface area contributed by atoms with Crippen molar-refractivity contribution in [2.24, 2.45) is 0 Å². The van der Waals surface area contributed by atoms with Crippen molar-refractivity contribution in [2.45, 2.75) is 32.6 Å². The minimum atomic E-state index is -1.20. The largest absolute Gasteiger partial charge is 0.496 e. The monoisotopic (exact) mass is 792 g/mol. The van der Waals surface area contributed by atoms with Crippen LogP contribution in [0.1, 0.15) is 45.9 Å². The molecule has 0 aliphatic heterocycles. The number of carbonyl (C=O) groups is 4. The van der Waals surface area contributed by atoms with E-state index in [0.29, 0.717) is 68.5 Å². The molecule has 0 unspecified atom stereocenters. The van der Waals surface area contributed by atoms with E-state index in [1.165, 1.54) is 28.4 Å². The number of carboxylic acid groups (broad SMARTS) is 4. The molecule has 0 aromatic heterocycles. The van der Waals surface area contributed by atoms with Crippen LogP contribution in [-0.4, -0.2) is 99.2 Å². The molecular formula is C41H44O16. The van der Waals surface area contributed by atoms with E-state index < -0.39 is 50.3 Å². The molecule has 4 aromatic rings. The summed E-state index contributed by atoms with van der Waals surface area (Å²) in [6.45, 7) is -0.493. The summed E-state index contributed by atoms with van der Waals surface area (Å²) in [5.41, 5.74) is 4.16. The average Bonchev–Trinajstić information content (AvgIpc) is 3.17. The average molecular weight is 793 g/mol. The molecule has 4 rings (SSSR count). The van der Waals surface area contributed by atoms with Crippen LogP contribution in [0.15, 0.2) is 54.6 Å². The molecule has 0 saturated heterocycles. The van der Waals surface area contributed by atoms with Crippen LogP contribution in [0.4, 0.5) is 0 Å². The van der Waals surface area contributed by atoms with Gasteiger partial charge in [-0.15, -0.1) is 0 Å². The third-order valence-corrected chi connectivity index (χ3v) is 8.49. The van der Waals surface area contributed by atoms with Gasteiger partial charge in [0.1, 0.15) is 46.0 Å². The Balaban J connectivity index is 1.89. The van der Waals surface area contributed by atoms with Crippen molar-refractivity contribution < 1.29 is 77.5 Å². The Labute approximate surface area is 328 Å². The summed E-state index contributed by atoms with van der Waals surface area (Å²) < 4.78 is 45.6. The number of benzene rings is 4. The quantitative estimate of drug-likeness (QED) is 0.0783. The van der Waals surface area contributed by atoms with Gasteiger partial charge in [-0.2, -0.15) is 0 Å². The standard InChI is InChI=1S/C41H44O16/c1-6-23-12-31(55-20-36(44)45)15-26(39(23)51-3)10-27-16-33(57-22-38(48)49)18-29(41(27)53-5)11-28-17-32(56-21-37(46)47)14-25(40(28)52-4)9-24-13-30(54-19-35(42)43)7-8-34(24)50-2/h7-8,12-18H,6,9-11,19-22H2,1-5H3,(H,42,43)(H,44,45)(H,46,47)(H,48,49). The Bertz CT molecular complexity index is 2090. The molecule has 4 N–H and O–H groups in total. The number of rotatable bonds is 23. The summed E-state index contributed by atoms with van der Waals surface area (Å²) in [5.74, 6) is -1.89. The maximum atomic E-state index is 11.6. The lowest BCUT2D eigenvalue weighted by Gasteiger charge is -2.21. The number of ether oxygens (including phenoxy) is 8. The molecule has 4 aromatic carbocycles. The zero-order valence-electron chi connectivity index (χ0n) is 32.0. The summed E-state index contributed by atoms with van der Waals surface area (Å²) in [4.78, 5) is 45.5. The van der Waals surface area contributed by atoms with E-state index in [0.717, 1.165) is 5.56 Å². The molecule has 0 amide bonds. The van der Waals surface area contributed by atoms with Crippen molar-refractivity contribution in [3.8, 4) is 46.0 Å². The van der Waals surface area contributed by atoms with Gasteiger partial charge in [-0.25, -0.2) is 19.2 Å². The molecule has 0 aliphatic carbocycles. The van der Waals surface area contributed by atoms with Gasteiger partial charge in [0.15, 0.2) is 26.4 Å². The lowest BCUT2D eigenvalue weighted by Crippen LogP contribution is -2.12. The maximum absolute atomic E-state index is 11.6. The van der Waals surface area contributed by atoms with Crippen molar-refractivity contribution in [1.82, 2.24) is 0 Å². The van der Waals surface area contributed by atoms with Gasteiger partial charge in [-0.05, 0) is 66.6 Å². The number of aliphatic carboxylic acids is 4. The molecule has 304 valence electrons. The molecule has 0 radical (unpaired) electrons. The van der Waals surface area contributed by atoms with Crippen LogP contribution in [0.25, 0.3) is 0 Å². The molecule has 0 fully saturated rings.